The minimum atomic E-state index is -2.06. The first-order valence-electron chi connectivity index (χ1n) is 29.4. The molecule has 19 heteroatoms. The van der Waals surface area contributed by atoms with Crippen LogP contribution in [0.5, 0.6) is 5.75 Å². The summed E-state index contributed by atoms with van der Waals surface area (Å²) in [5.41, 5.74) is 1.51. The maximum atomic E-state index is 14.8. The first-order chi connectivity index (χ1) is 44.5. The lowest BCUT2D eigenvalue weighted by Gasteiger charge is -2.48. The standard InChI is InChI=1S/C72H64O19/c1-80-55-42-40-47(41-43-55)25-23-24-44-81-71-62(89-69(78)53-36-19-7-20-37-53)61(88-68(77)52-34-17-6-18-35-52)59(57(84-71)46-83-65(74)49-28-11-3-12-29-49)91-72-63(90-70(79)54-38-21-8-22-39-54)60(87-67(76)51-32-15-5-16-33-51)58(86-66(75)50-30-13-4-14-31-50)56(85-72)45-82-64(73)48-26-9-2-10-27-48/h2-22,26-43,56-63,71-72H,23-25,44-46H2,1H3/t56-,57-,58+,59-,60+,61+,62-,63-,71-,72+/m1/s1. The van der Waals surface area contributed by atoms with Gasteiger partial charge in [0.2, 0.25) is 0 Å². The predicted octanol–water partition coefficient (Wildman–Crippen LogP) is 10.7. The summed E-state index contributed by atoms with van der Waals surface area (Å²) >= 11 is 0. The molecule has 91 heavy (non-hydrogen) atoms. The fourth-order valence-electron chi connectivity index (χ4n) is 10.1. The van der Waals surface area contributed by atoms with E-state index in [0.29, 0.717) is 25.0 Å². The van der Waals surface area contributed by atoms with E-state index in [1.165, 1.54) is 84.9 Å². The topological polar surface area (TPSA) is 230 Å². The van der Waals surface area contributed by atoms with E-state index in [1.54, 1.807) is 135 Å². The zero-order chi connectivity index (χ0) is 63.3. The molecule has 10 rings (SSSR count). The van der Waals surface area contributed by atoms with Gasteiger partial charge in [0.05, 0.1) is 46.1 Å². The van der Waals surface area contributed by atoms with Crippen molar-refractivity contribution in [3.8, 4) is 5.75 Å². The number of hydrogen-bond donors (Lipinski definition) is 0. The van der Waals surface area contributed by atoms with Crippen LogP contribution in [-0.2, 0) is 58.5 Å². The Morgan fingerprint density at radius 2 is 0.637 bits per heavy atom. The van der Waals surface area contributed by atoms with Crippen LogP contribution in [0.25, 0.3) is 0 Å². The maximum Gasteiger partial charge on any atom is 0.338 e. The van der Waals surface area contributed by atoms with Gasteiger partial charge in [-0.15, -0.1) is 0 Å². The quantitative estimate of drug-likeness (QED) is 0.0294. The lowest BCUT2D eigenvalue weighted by Crippen LogP contribution is -2.67. The normalized spacial score (nSPS) is 20.9. The number of carbonyl (C=O) groups excluding carboxylic acids is 7. The third kappa shape index (κ3) is 17.1. The van der Waals surface area contributed by atoms with Gasteiger partial charge in [-0.25, -0.2) is 33.6 Å². The van der Waals surface area contributed by atoms with Crippen LogP contribution in [0.15, 0.2) is 237 Å². The zero-order valence-electron chi connectivity index (χ0n) is 49.3. The fourth-order valence-corrected chi connectivity index (χ4v) is 10.1. The van der Waals surface area contributed by atoms with Crippen LogP contribution in [0, 0.1) is 0 Å². The van der Waals surface area contributed by atoms with Gasteiger partial charge < -0.3 is 56.8 Å². The van der Waals surface area contributed by atoms with Gasteiger partial charge in [-0.3, -0.25) is 0 Å². The molecule has 10 atom stereocenters. The molecule has 0 bridgehead atoms. The molecule has 2 heterocycles. The summed E-state index contributed by atoms with van der Waals surface area (Å²) in [6.07, 6.45) is -16.3. The van der Waals surface area contributed by atoms with E-state index in [2.05, 4.69) is 0 Å². The van der Waals surface area contributed by atoms with Crippen molar-refractivity contribution in [3.05, 3.63) is 281 Å². The molecule has 2 aliphatic rings. The summed E-state index contributed by atoms with van der Waals surface area (Å²) in [7, 11) is 1.59. The van der Waals surface area contributed by atoms with Gasteiger partial charge in [0.15, 0.2) is 43.1 Å². The predicted molar refractivity (Wildman–Crippen MR) is 326 cm³/mol. The van der Waals surface area contributed by atoms with E-state index in [4.69, 9.17) is 56.8 Å². The SMILES string of the molecule is COc1ccc(CCCCO[C@@H]2O[C@H](COC(=O)c3ccccc3)[C@@H](O[C@@H]3O[C@H](COC(=O)c4ccccc4)[C@H](OC(=O)c4ccccc4)[C@H](OC(=O)c4ccccc4)[C@H]3OC(=O)c3ccccc3)[C@H](OC(=O)c3ccccc3)[C@H]2OC(=O)c2ccccc2)cc1. The molecule has 0 N–H and O–H groups in total. The number of carbonyl (C=O) groups is 7. The molecule has 8 aromatic carbocycles. The van der Waals surface area contributed by atoms with Crippen LogP contribution in [0.2, 0.25) is 0 Å². The molecule has 0 amide bonds. The summed E-state index contributed by atoms with van der Waals surface area (Å²) in [6.45, 7) is -1.43. The van der Waals surface area contributed by atoms with Crippen molar-refractivity contribution in [1.29, 1.82) is 0 Å². The zero-order valence-corrected chi connectivity index (χ0v) is 49.3. The van der Waals surface area contributed by atoms with Crippen LogP contribution < -0.4 is 4.74 Å². The number of aryl methyl sites for hydroxylation is 1. The second-order valence-electron chi connectivity index (χ2n) is 21.0. The molecule has 0 radical (unpaired) electrons. The molecule has 0 unspecified atom stereocenters. The minimum Gasteiger partial charge on any atom is -0.497 e. The maximum absolute atomic E-state index is 14.8. The van der Waals surface area contributed by atoms with Crippen molar-refractivity contribution < 1.29 is 90.4 Å². The van der Waals surface area contributed by atoms with Gasteiger partial charge in [-0.05, 0) is 122 Å². The average molecular weight is 1230 g/mol. The molecule has 0 aromatic heterocycles. The molecular formula is C72H64O19. The van der Waals surface area contributed by atoms with Gasteiger partial charge in [-0.2, -0.15) is 0 Å². The summed E-state index contributed by atoms with van der Waals surface area (Å²) < 4.78 is 76.5. The van der Waals surface area contributed by atoms with E-state index < -0.39 is 116 Å². The van der Waals surface area contributed by atoms with E-state index >= 15 is 0 Å². The molecule has 2 fully saturated rings. The molecule has 8 aromatic rings. The highest BCUT2D eigenvalue weighted by Crippen LogP contribution is 2.37. The molecular weight excluding hydrogens is 1170 g/mol. The molecule has 0 spiro atoms. The molecule has 2 saturated heterocycles. The van der Waals surface area contributed by atoms with Crippen LogP contribution in [0.3, 0.4) is 0 Å². The van der Waals surface area contributed by atoms with Gasteiger partial charge in [0, 0.05) is 6.61 Å². The monoisotopic (exact) mass is 1230 g/mol. The van der Waals surface area contributed by atoms with Gasteiger partial charge in [0.25, 0.3) is 0 Å². The van der Waals surface area contributed by atoms with Gasteiger partial charge >= 0.3 is 41.8 Å². The number of unbranched alkanes of at least 4 members (excludes halogenated alkanes) is 1. The Morgan fingerprint density at radius 3 is 1.01 bits per heavy atom. The van der Waals surface area contributed by atoms with Crippen molar-refractivity contribution in [2.45, 2.75) is 80.7 Å². The van der Waals surface area contributed by atoms with E-state index in [0.717, 1.165) is 5.56 Å². The molecule has 19 nitrogen and oxygen atoms in total. The lowest BCUT2D eigenvalue weighted by atomic mass is 9.95. The van der Waals surface area contributed by atoms with Crippen LogP contribution in [0.1, 0.15) is 90.9 Å². The average Bonchev–Trinajstić information content (AvgIpc) is 1.04. The largest absolute Gasteiger partial charge is 0.497 e. The summed E-state index contributed by atoms with van der Waals surface area (Å²) in [6, 6.07) is 62.9. The molecule has 2 aliphatic heterocycles. The Labute approximate surface area is 524 Å². The lowest BCUT2D eigenvalue weighted by molar-refractivity contribution is -0.356. The number of esters is 7. The van der Waals surface area contributed by atoms with E-state index in [-0.39, 0.29) is 45.6 Å². The van der Waals surface area contributed by atoms with Crippen molar-refractivity contribution in [2.75, 3.05) is 26.9 Å². The minimum absolute atomic E-state index is 0.00405. The summed E-state index contributed by atoms with van der Waals surface area (Å²) in [5, 5.41) is 0. The smallest absolute Gasteiger partial charge is 0.338 e. The van der Waals surface area contributed by atoms with Crippen molar-refractivity contribution >= 4 is 41.8 Å². The van der Waals surface area contributed by atoms with Crippen LogP contribution in [-0.4, -0.2) is 130 Å². The van der Waals surface area contributed by atoms with E-state index in [1.807, 2.05) is 24.3 Å². The highest BCUT2D eigenvalue weighted by molar-refractivity contribution is 5.93. The molecule has 0 saturated carbocycles. The van der Waals surface area contributed by atoms with Crippen molar-refractivity contribution in [2.24, 2.45) is 0 Å². The highest BCUT2D eigenvalue weighted by Gasteiger charge is 2.58. The third-order valence-electron chi connectivity index (χ3n) is 14.8. The number of methoxy groups -OCH3 is 1. The number of rotatable bonds is 25. The Morgan fingerprint density at radius 1 is 0.330 bits per heavy atom. The second-order valence-corrected chi connectivity index (χ2v) is 21.0. The van der Waals surface area contributed by atoms with Gasteiger partial charge in [-0.1, -0.05) is 140 Å². The van der Waals surface area contributed by atoms with Crippen LogP contribution >= 0.6 is 0 Å². The number of hydrogen-bond acceptors (Lipinski definition) is 19. The summed E-state index contributed by atoms with van der Waals surface area (Å²) in [4.78, 5) is 101. The Balaban J connectivity index is 1.10. The first-order valence-corrected chi connectivity index (χ1v) is 29.4. The van der Waals surface area contributed by atoms with Crippen LogP contribution in [0.4, 0.5) is 0 Å². The third-order valence-corrected chi connectivity index (χ3v) is 14.8. The molecule has 466 valence electrons. The van der Waals surface area contributed by atoms with Crippen molar-refractivity contribution in [1.82, 2.24) is 0 Å². The highest BCUT2D eigenvalue weighted by atomic mass is 16.8. The number of benzene rings is 8. The Hall–Kier alpha value is -10.3. The Bertz CT molecular complexity index is 3660. The number of ether oxygens (including phenoxy) is 12. The Kier molecular flexibility index (Phi) is 22.2. The fraction of sp³-hybridized carbons (Fsp3) is 0.236. The first kappa shape index (κ1) is 63.7. The molecule has 0 aliphatic carbocycles. The van der Waals surface area contributed by atoms with E-state index in [9.17, 15) is 33.6 Å². The second kappa shape index (κ2) is 31.7. The summed E-state index contributed by atoms with van der Waals surface area (Å²) in [5.74, 6) is -5.77. The van der Waals surface area contributed by atoms with Crippen molar-refractivity contribution in [3.63, 3.8) is 0 Å². The van der Waals surface area contributed by atoms with Gasteiger partial charge in [0.1, 0.15) is 37.3 Å².